The smallest absolute Gasteiger partial charge is 0.119 e. The van der Waals surface area contributed by atoms with Crippen molar-refractivity contribution in [1.82, 2.24) is 5.32 Å². The minimum Gasteiger partial charge on any atom is -0.493 e. The summed E-state index contributed by atoms with van der Waals surface area (Å²) in [5, 5.41) is 3.46. The highest BCUT2D eigenvalue weighted by Gasteiger charge is 2.25. The number of aryl methyl sites for hydroxylation is 1. The van der Waals surface area contributed by atoms with E-state index in [-0.39, 0.29) is 0 Å². The zero-order chi connectivity index (χ0) is 15.2. The summed E-state index contributed by atoms with van der Waals surface area (Å²) in [6.45, 7) is 5.11. The summed E-state index contributed by atoms with van der Waals surface area (Å²) >= 11 is 0. The first-order valence-corrected chi connectivity index (χ1v) is 8.28. The fraction of sp³-hybridized carbons (Fsp3) is 0.400. The lowest BCUT2D eigenvalue weighted by molar-refractivity contribution is 0.217. The average molecular weight is 295 g/mol. The Balaban J connectivity index is 1.72. The van der Waals surface area contributed by atoms with Crippen LogP contribution in [0.15, 0.2) is 54.6 Å². The van der Waals surface area contributed by atoms with Gasteiger partial charge in [0.15, 0.2) is 0 Å². The zero-order valence-corrected chi connectivity index (χ0v) is 13.3. The van der Waals surface area contributed by atoms with E-state index >= 15 is 0 Å². The molecular weight excluding hydrogens is 270 g/mol. The molecule has 2 heteroatoms. The quantitative estimate of drug-likeness (QED) is 0.894. The van der Waals surface area contributed by atoms with Gasteiger partial charge < -0.3 is 10.1 Å². The fourth-order valence-electron chi connectivity index (χ4n) is 3.27. The Morgan fingerprint density at radius 3 is 2.36 bits per heavy atom. The van der Waals surface area contributed by atoms with E-state index in [9.17, 15) is 0 Å². The maximum Gasteiger partial charge on any atom is 0.119 e. The molecule has 1 fully saturated rings. The lowest BCUT2D eigenvalue weighted by Crippen LogP contribution is -2.32. The van der Waals surface area contributed by atoms with Crippen LogP contribution in [-0.4, -0.2) is 19.7 Å². The van der Waals surface area contributed by atoms with Crippen molar-refractivity contribution < 1.29 is 4.74 Å². The van der Waals surface area contributed by atoms with Crippen LogP contribution in [0, 0.1) is 12.8 Å². The van der Waals surface area contributed by atoms with E-state index in [2.05, 4.69) is 66.8 Å². The number of benzene rings is 2. The minimum atomic E-state index is 0.476. The average Bonchev–Trinajstić information content (AvgIpc) is 2.59. The number of nitrogens with one attached hydrogen (secondary N) is 1. The van der Waals surface area contributed by atoms with Crippen LogP contribution in [0.4, 0.5) is 0 Å². The number of rotatable bonds is 5. The van der Waals surface area contributed by atoms with Crippen LogP contribution < -0.4 is 10.1 Å². The van der Waals surface area contributed by atoms with Gasteiger partial charge in [-0.15, -0.1) is 0 Å². The van der Waals surface area contributed by atoms with E-state index in [4.69, 9.17) is 4.74 Å². The molecule has 2 aromatic carbocycles. The fourth-order valence-corrected chi connectivity index (χ4v) is 3.27. The van der Waals surface area contributed by atoms with Crippen molar-refractivity contribution in [2.24, 2.45) is 5.92 Å². The van der Waals surface area contributed by atoms with Crippen molar-refractivity contribution in [3.63, 3.8) is 0 Å². The normalized spacial score (nSPS) is 17.1. The zero-order valence-electron chi connectivity index (χ0n) is 13.3. The maximum atomic E-state index is 6.11. The van der Waals surface area contributed by atoms with Gasteiger partial charge in [0.05, 0.1) is 6.61 Å². The third-order valence-electron chi connectivity index (χ3n) is 4.63. The molecule has 1 N–H and O–H groups in total. The largest absolute Gasteiger partial charge is 0.493 e. The molecule has 0 aromatic heterocycles. The van der Waals surface area contributed by atoms with Crippen LogP contribution >= 0.6 is 0 Å². The Morgan fingerprint density at radius 1 is 1.00 bits per heavy atom. The van der Waals surface area contributed by atoms with Gasteiger partial charge in [-0.25, -0.2) is 0 Å². The lowest BCUT2D eigenvalue weighted by atomic mass is 9.81. The number of ether oxygens (including phenoxy) is 1. The standard InChI is InChI=1S/C20H25NO/c1-16-7-9-19(10-8-16)22-15-20(17-5-3-2-4-6-17)18-11-13-21-14-12-18/h2-10,18,20-21H,11-15H2,1H3. The number of hydrogen-bond acceptors (Lipinski definition) is 2. The molecule has 22 heavy (non-hydrogen) atoms. The molecule has 1 unspecified atom stereocenters. The van der Waals surface area contributed by atoms with Crippen molar-refractivity contribution in [2.45, 2.75) is 25.7 Å². The second kappa shape index (κ2) is 7.46. The van der Waals surface area contributed by atoms with Crippen molar-refractivity contribution in [3.05, 3.63) is 65.7 Å². The highest BCUT2D eigenvalue weighted by molar-refractivity contribution is 5.27. The summed E-state index contributed by atoms with van der Waals surface area (Å²) < 4.78 is 6.11. The molecule has 1 aliphatic heterocycles. The monoisotopic (exact) mass is 295 g/mol. The van der Waals surface area contributed by atoms with Crippen LogP contribution in [0.3, 0.4) is 0 Å². The van der Waals surface area contributed by atoms with Crippen LogP contribution in [0.5, 0.6) is 5.75 Å². The molecule has 0 radical (unpaired) electrons. The molecule has 0 aliphatic carbocycles. The van der Waals surface area contributed by atoms with E-state index in [1.54, 1.807) is 0 Å². The predicted octanol–water partition coefficient (Wildman–Crippen LogP) is 4.16. The molecule has 1 heterocycles. The van der Waals surface area contributed by atoms with Crippen molar-refractivity contribution >= 4 is 0 Å². The molecular formula is C20H25NO. The van der Waals surface area contributed by atoms with E-state index in [0.29, 0.717) is 11.8 Å². The Bertz CT molecular complexity index is 558. The van der Waals surface area contributed by atoms with Gasteiger partial charge in [0.25, 0.3) is 0 Å². The minimum absolute atomic E-state index is 0.476. The van der Waals surface area contributed by atoms with E-state index in [0.717, 1.165) is 25.4 Å². The SMILES string of the molecule is Cc1ccc(OCC(c2ccccc2)C2CCNCC2)cc1. The first kappa shape index (κ1) is 15.1. The summed E-state index contributed by atoms with van der Waals surface area (Å²) in [6, 6.07) is 19.2. The van der Waals surface area contributed by atoms with Gasteiger partial charge in [-0.3, -0.25) is 0 Å². The summed E-state index contributed by atoms with van der Waals surface area (Å²) in [6.07, 6.45) is 2.47. The van der Waals surface area contributed by atoms with E-state index in [1.165, 1.54) is 24.0 Å². The summed E-state index contributed by atoms with van der Waals surface area (Å²) in [4.78, 5) is 0. The summed E-state index contributed by atoms with van der Waals surface area (Å²) in [7, 11) is 0. The second-order valence-corrected chi connectivity index (χ2v) is 6.23. The number of hydrogen-bond donors (Lipinski definition) is 1. The molecule has 0 amide bonds. The van der Waals surface area contributed by atoms with Gasteiger partial charge in [0, 0.05) is 5.92 Å². The Hall–Kier alpha value is -1.80. The van der Waals surface area contributed by atoms with Gasteiger partial charge in [-0.05, 0) is 56.5 Å². The highest BCUT2D eigenvalue weighted by atomic mass is 16.5. The first-order chi connectivity index (χ1) is 10.8. The van der Waals surface area contributed by atoms with Gasteiger partial charge in [0.2, 0.25) is 0 Å². The molecule has 2 aromatic rings. The maximum absolute atomic E-state index is 6.11. The van der Waals surface area contributed by atoms with Crippen molar-refractivity contribution in [1.29, 1.82) is 0 Å². The van der Waals surface area contributed by atoms with E-state index < -0.39 is 0 Å². The predicted molar refractivity (Wildman–Crippen MR) is 91.5 cm³/mol. The van der Waals surface area contributed by atoms with Crippen molar-refractivity contribution in [2.75, 3.05) is 19.7 Å². The Labute approximate surface area is 133 Å². The topological polar surface area (TPSA) is 21.3 Å². The molecule has 1 atom stereocenters. The second-order valence-electron chi connectivity index (χ2n) is 6.23. The molecule has 0 spiro atoms. The molecule has 1 aliphatic rings. The lowest BCUT2D eigenvalue weighted by Gasteiger charge is -2.31. The van der Waals surface area contributed by atoms with Crippen molar-refractivity contribution in [3.8, 4) is 5.75 Å². The van der Waals surface area contributed by atoms with Gasteiger partial charge >= 0.3 is 0 Å². The third kappa shape index (κ3) is 3.89. The molecule has 116 valence electrons. The molecule has 0 saturated carbocycles. The summed E-state index contributed by atoms with van der Waals surface area (Å²) in [5.41, 5.74) is 2.67. The van der Waals surface area contributed by atoms with Gasteiger partial charge in [-0.2, -0.15) is 0 Å². The Morgan fingerprint density at radius 2 is 1.68 bits per heavy atom. The molecule has 0 bridgehead atoms. The van der Waals surface area contributed by atoms with Crippen LogP contribution in [0.2, 0.25) is 0 Å². The van der Waals surface area contributed by atoms with Crippen LogP contribution in [0.25, 0.3) is 0 Å². The molecule has 2 nitrogen and oxygen atoms in total. The van der Waals surface area contributed by atoms with Crippen LogP contribution in [0.1, 0.15) is 29.9 Å². The van der Waals surface area contributed by atoms with Gasteiger partial charge in [-0.1, -0.05) is 48.0 Å². The number of piperidine rings is 1. The van der Waals surface area contributed by atoms with E-state index in [1.807, 2.05) is 0 Å². The van der Waals surface area contributed by atoms with Gasteiger partial charge in [0.1, 0.15) is 5.75 Å². The molecule has 3 rings (SSSR count). The first-order valence-electron chi connectivity index (χ1n) is 8.28. The summed E-state index contributed by atoms with van der Waals surface area (Å²) in [5.74, 6) is 2.15. The Kier molecular flexibility index (Phi) is 5.12. The van der Waals surface area contributed by atoms with Crippen LogP contribution in [-0.2, 0) is 0 Å². The molecule has 1 saturated heterocycles. The highest BCUT2D eigenvalue weighted by Crippen LogP contribution is 2.31. The third-order valence-corrected chi connectivity index (χ3v) is 4.63.